The monoisotopic (exact) mass is 413 g/mol. The Morgan fingerprint density at radius 3 is 2.69 bits per heavy atom. The number of carbonyl (C=O) groups is 2. The third-order valence-corrected chi connectivity index (χ3v) is 5.48. The predicted octanol–water partition coefficient (Wildman–Crippen LogP) is 3.11. The molecule has 2 amide bonds. The third kappa shape index (κ3) is 3.63. The molecule has 1 aliphatic heterocycles. The average molecular weight is 414 g/mol. The Kier molecular flexibility index (Phi) is 4.87. The maximum atomic E-state index is 13.0. The third-order valence-electron chi connectivity index (χ3n) is 5.17. The molecule has 1 N–H and O–H groups in total. The zero-order chi connectivity index (χ0) is 20.7. The fourth-order valence-electron chi connectivity index (χ4n) is 3.63. The second kappa shape index (κ2) is 7.36. The van der Waals surface area contributed by atoms with E-state index in [0.29, 0.717) is 41.4 Å². The summed E-state index contributed by atoms with van der Waals surface area (Å²) in [7, 11) is 1.83. The number of hydrogen-bond acceptors (Lipinski definition) is 4. The lowest BCUT2D eigenvalue weighted by Crippen LogP contribution is -2.55. The summed E-state index contributed by atoms with van der Waals surface area (Å²) in [6, 6.07) is 6.79. The van der Waals surface area contributed by atoms with Gasteiger partial charge in [-0.15, -0.1) is 0 Å². The van der Waals surface area contributed by atoms with Gasteiger partial charge in [0.1, 0.15) is 0 Å². The molecule has 3 heterocycles. The smallest absolute Gasteiger partial charge is 0.407 e. The molecular formula is C20H20ClN5O3. The van der Waals surface area contributed by atoms with Gasteiger partial charge in [-0.2, -0.15) is 5.10 Å². The fraction of sp³-hybridized carbons (Fsp3) is 0.300. The Hall–Kier alpha value is -3.13. The highest BCUT2D eigenvalue weighted by atomic mass is 35.5. The summed E-state index contributed by atoms with van der Waals surface area (Å²) in [4.78, 5) is 31.9. The van der Waals surface area contributed by atoms with E-state index in [1.54, 1.807) is 47.0 Å². The van der Waals surface area contributed by atoms with Gasteiger partial charge in [0.15, 0.2) is 0 Å². The van der Waals surface area contributed by atoms with Crippen molar-refractivity contribution in [3.8, 4) is 11.3 Å². The molecule has 1 aliphatic rings. The van der Waals surface area contributed by atoms with Crippen LogP contribution in [0.3, 0.4) is 0 Å². The molecule has 1 aromatic carbocycles. The Balaban J connectivity index is 1.64. The van der Waals surface area contributed by atoms with Crippen LogP contribution in [0.15, 0.2) is 36.7 Å². The second-order valence-electron chi connectivity index (χ2n) is 7.20. The van der Waals surface area contributed by atoms with Crippen LogP contribution in [0.2, 0.25) is 5.02 Å². The van der Waals surface area contributed by atoms with Gasteiger partial charge in [0, 0.05) is 55.4 Å². The van der Waals surface area contributed by atoms with Crippen molar-refractivity contribution < 1.29 is 14.7 Å². The highest BCUT2D eigenvalue weighted by molar-refractivity contribution is 6.35. The Morgan fingerprint density at radius 2 is 2.03 bits per heavy atom. The van der Waals surface area contributed by atoms with Gasteiger partial charge in [0.2, 0.25) is 0 Å². The van der Waals surface area contributed by atoms with Crippen LogP contribution in [0.25, 0.3) is 22.2 Å². The van der Waals surface area contributed by atoms with E-state index < -0.39 is 6.09 Å². The molecule has 9 heteroatoms. The van der Waals surface area contributed by atoms with Crippen LogP contribution < -0.4 is 0 Å². The summed E-state index contributed by atoms with van der Waals surface area (Å²) in [5, 5.41) is 14.7. The van der Waals surface area contributed by atoms with E-state index >= 15 is 0 Å². The number of nitrogens with zero attached hydrogens (tertiary/aromatic N) is 5. The minimum Gasteiger partial charge on any atom is -0.465 e. The molecule has 8 nitrogen and oxygen atoms in total. The molecule has 0 saturated carbocycles. The number of amides is 2. The Morgan fingerprint density at radius 1 is 1.24 bits per heavy atom. The van der Waals surface area contributed by atoms with Crippen molar-refractivity contribution in [1.82, 2.24) is 24.6 Å². The molecule has 0 unspecified atom stereocenters. The van der Waals surface area contributed by atoms with Crippen LogP contribution in [0.5, 0.6) is 0 Å². The van der Waals surface area contributed by atoms with Crippen molar-refractivity contribution in [1.29, 1.82) is 0 Å². The van der Waals surface area contributed by atoms with Gasteiger partial charge in [-0.3, -0.25) is 9.48 Å². The van der Waals surface area contributed by atoms with Crippen molar-refractivity contribution in [2.24, 2.45) is 7.05 Å². The standard InChI is InChI=1S/C20H20ClN5O3/c1-12-10-25(5-6-26(12)20(28)29)19(27)13-3-4-15-16(21)8-17(23-18(15)7-13)14-9-22-24(2)11-14/h3-4,7-9,11-12H,5-6,10H2,1-2H3,(H,28,29)/t12-/m1/s1. The van der Waals surface area contributed by atoms with Gasteiger partial charge >= 0.3 is 6.09 Å². The molecule has 1 atom stereocenters. The van der Waals surface area contributed by atoms with E-state index in [2.05, 4.69) is 10.1 Å². The molecular weight excluding hydrogens is 394 g/mol. The summed E-state index contributed by atoms with van der Waals surface area (Å²) in [5.41, 5.74) is 2.65. The molecule has 4 rings (SSSR count). The highest BCUT2D eigenvalue weighted by Crippen LogP contribution is 2.29. The Bertz CT molecular complexity index is 1110. The van der Waals surface area contributed by atoms with Crippen LogP contribution >= 0.6 is 11.6 Å². The number of fused-ring (bicyclic) bond motifs is 1. The van der Waals surface area contributed by atoms with E-state index in [1.807, 2.05) is 13.2 Å². The topological polar surface area (TPSA) is 91.6 Å². The van der Waals surface area contributed by atoms with Crippen molar-refractivity contribution in [2.75, 3.05) is 19.6 Å². The molecule has 0 bridgehead atoms. The summed E-state index contributed by atoms with van der Waals surface area (Å²) in [6.07, 6.45) is 2.60. The molecule has 29 heavy (non-hydrogen) atoms. The lowest BCUT2D eigenvalue weighted by atomic mass is 10.1. The molecule has 0 spiro atoms. The maximum absolute atomic E-state index is 13.0. The average Bonchev–Trinajstić information content (AvgIpc) is 3.13. The lowest BCUT2D eigenvalue weighted by molar-refractivity contribution is 0.0507. The zero-order valence-corrected chi connectivity index (χ0v) is 16.8. The summed E-state index contributed by atoms with van der Waals surface area (Å²) < 4.78 is 1.69. The molecule has 0 radical (unpaired) electrons. The minimum atomic E-state index is -0.961. The van der Waals surface area contributed by atoms with Gasteiger partial charge in [-0.05, 0) is 25.1 Å². The maximum Gasteiger partial charge on any atom is 0.407 e. The van der Waals surface area contributed by atoms with E-state index in [4.69, 9.17) is 11.6 Å². The first-order valence-electron chi connectivity index (χ1n) is 9.21. The number of benzene rings is 1. The molecule has 150 valence electrons. The normalized spacial score (nSPS) is 17.0. The van der Waals surface area contributed by atoms with Crippen molar-refractivity contribution in [2.45, 2.75) is 13.0 Å². The van der Waals surface area contributed by atoms with E-state index in [9.17, 15) is 14.7 Å². The quantitative estimate of drug-likeness (QED) is 0.697. The first-order chi connectivity index (χ1) is 13.8. The SMILES string of the molecule is C[C@@H]1CN(C(=O)c2ccc3c(Cl)cc(-c4cnn(C)c4)nc3c2)CCN1C(=O)O. The van der Waals surface area contributed by atoms with Crippen molar-refractivity contribution in [3.63, 3.8) is 0 Å². The number of carboxylic acid groups (broad SMARTS) is 1. The largest absolute Gasteiger partial charge is 0.465 e. The molecule has 0 aliphatic carbocycles. The highest BCUT2D eigenvalue weighted by Gasteiger charge is 2.30. The molecule has 1 fully saturated rings. The van der Waals surface area contributed by atoms with Gasteiger partial charge in [-0.25, -0.2) is 9.78 Å². The molecule has 2 aromatic heterocycles. The van der Waals surface area contributed by atoms with E-state index in [1.165, 1.54) is 4.90 Å². The molecule has 1 saturated heterocycles. The van der Waals surface area contributed by atoms with Gasteiger partial charge in [0.25, 0.3) is 5.91 Å². The van der Waals surface area contributed by atoms with Crippen LogP contribution in [0.4, 0.5) is 4.79 Å². The van der Waals surface area contributed by atoms with Crippen molar-refractivity contribution >= 4 is 34.5 Å². The number of rotatable bonds is 2. The Labute approximate surface area is 172 Å². The number of aryl methyl sites for hydroxylation is 1. The van der Waals surface area contributed by atoms with Crippen LogP contribution in [0.1, 0.15) is 17.3 Å². The van der Waals surface area contributed by atoms with E-state index in [0.717, 1.165) is 10.9 Å². The van der Waals surface area contributed by atoms with Crippen LogP contribution in [-0.2, 0) is 7.05 Å². The first kappa shape index (κ1) is 19.2. The number of carbonyl (C=O) groups excluding carboxylic acids is 1. The first-order valence-corrected chi connectivity index (χ1v) is 9.59. The fourth-order valence-corrected chi connectivity index (χ4v) is 3.89. The van der Waals surface area contributed by atoms with Gasteiger partial charge < -0.3 is 14.9 Å². The number of piperazine rings is 1. The summed E-state index contributed by atoms with van der Waals surface area (Å²) >= 11 is 6.44. The summed E-state index contributed by atoms with van der Waals surface area (Å²) in [5.74, 6) is -0.145. The number of halogens is 1. The van der Waals surface area contributed by atoms with Crippen molar-refractivity contribution in [3.05, 3.63) is 47.2 Å². The minimum absolute atomic E-state index is 0.145. The summed E-state index contributed by atoms with van der Waals surface area (Å²) in [6.45, 7) is 2.81. The predicted molar refractivity (Wildman–Crippen MR) is 109 cm³/mol. The van der Waals surface area contributed by atoms with Gasteiger partial charge in [-0.1, -0.05) is 17.7 Å². The second-order valence-corrected chi connectivity index (χ2v) is 7.61. The zero-order valence-electron chi connectivity index (χ0n) is 16.0. The number of pyridine rings is 1. The van der Waals surface area contributed by atoms with Gasteiger partial charge in [0.05, 0.1) is 22.4 Å². The number of hydrogen-bond donors (Lipinski definition) is 1. The molecule has 3 aromatic rings. The van der Waals surface area contributed by atoms with Crippen LogP contribution in [0, 0.1) is 0 Å². The van der Waals surface area contributed by atoms with Crippen LogP contribution in [-0.4, -0.2) is 67.3 Å². The van der Waals surface area contributed by atoms with E-state index in [-0.39, 0.29) is 11.9 Å². The lowest BCUT2D eigenvalue weighted by Gasteiger charge is -2.38. The number of aromatic nitrogens is 3.